The first-order valence-electron chi connectivity index (χ1n) is 9.20. The van der Waals surface area contributed by atoms with Crippen molar-refractivity contribution in [3.63, 3.8) is 0 Å². The van der Waals surface area contributed by atoms with Crippen molar-refractivity contribution in [2.45, 2.75) is 39.3 Å². The summed E-state index contributed by atoms with van der Waals surface area (Å²) in [5.41, 5.74) is 0. The second-order valence-corrected chi connectivity index (χ2v) is 6.75. The normalized spacial score (nSPS) is 24.6. The quantitative estimate of drug-likeness (QED) is 0.740. The number of nitrogens with zero attached hydrogens (tertiary/aromatic N) is 4. The second-order valence-electron chi connectivity index (χ2n) is 6.75. The Hall–Kier alpha value is -0.690. The van der Waals surface area contributed by atoms with Gasteiger partial charge in [-0.2, -0.15) is 0 Å². The number of piperazine rings is 2. The third kappa shape index (κ3) is 4.66. The van der Waals surface area contributed by atoms with Crippen LogP contribution in [0.4, 0.5) is 0 Å². The van der Waals surface area contributed by atoms with Crippen LogP contribution in [0.25, 0.3) is 0 Å². The van der Waals surface area contributed by atoms with Crippen molar-refractivity contribution in [3.8, 4) is 0 Å². The molecular weight excluding hydrogens is 292 g/mol. The summed E-state index contributed by atoms with van der Waals surface area (Å²) in [6, 6.07) is 0.241. The summed E-state index contributed by atoms with van der Waals surface area (Å²) in [6.45, 7) is 15.1. The molecule has 0 aromatic heterocycles. The van der Waals surface area contributed by atoms with Gasteiger partial charge >= 0.3 is 0 Å². The number of carbonyl (C=O) groups is 1. The van der Waals surface area contributed by atoms with E-state index in [0.29, 0.717) is 0 Å². The first-order chi connectivity index (χ1) is 11.1. The predicted molar refractivity (Wildman–Crippen MR) is 92.5 cm³/mol. The van der Waals surface area contributed by atoms with Crippen molar-refractivity contribution in [3.05, 3.63) is 0 Å². The lowest BCUT2D eigenvalue weighted by molar-refractivity contribution is -0.139. The average Bonchev–Trinajstić information content (AvgIpc) is 2.62. The molecule has 0 spiro atoms. The van der Waals surface area contributed by atoms with Crippen LogP contribution in [-0.2, 0) is 4.79 Å². The van der Waals surface area contributed by atoms with Gasteiger partial charge in [-0.1, -0.05) is 13.8 Å². The number of aliphatic hydroxyl groups excluding tert-OH is 1. The van der Waals surface area contributed by atoms with Gasteiger partial charge in [0.2, 0.25) is 5.91 Å². The maximum absolute atomic E-state index is 12.7. The zero-order valence-electron chi connectivity index (χ0n) is 15.1. The molecule has 2 rings (SSSR count). The fourth-order valence-electron chi connectivity index (χ4n) is 3.70. The van der Waals surface area contributed by atoms with Crippen molar-refractivity contribution >= 4 is 5.91 Å². The number of likely N-dealkylation sites (N-methyl/N-ethyl adjacent to an activating group) is 1. The molecule has 0 radical (unpaired) electrons. The summed E-state index contributed by atoms with van der Waals surface area (Å²) in [5, 5.41) is 9.43. The van der Waals surface area contributed by atoms with Gasteiger partial charge in [-0.3, -0.25) is 14.6 Å². The van der Waals surface area contributed by atoms with E-state index in [1.54, 1.807) is 0 Å². The molecule has 2 heterocycles. The Morgan fingerprint density at radius 1 is 0.957 bits per heavy atom. The summed E-state index contributed by atoms with van der Waals surface area (Å²) in [6.07, 6.45) is 0.979. The maximum atomic E-state index is 12.7. The van der Waals surface area contributed by atoms with Crippen molar-refractivity contribution in [1.82, 2.24) is 19.6 Å². The Bertz CT molecular complexity index is 360. The van der Waals surface area contributed by atoms with Crippen molar-refractivity contribution in [1.29, 1.82) is 0 Å². The molecule has 6 heteroatoms. The number of hydrogen-bond donors (Lipinski definition) is 1. The van der Waals surface area contributed by atoms with Gasteiger partial charge in [0.25, 0.3) is 0 Å². The molecule has 2 atom stereocenters. The van der Waals surface area contributed by atoms with Gasteiger partial charge in [0.15, 0.2) is 0 Å². The third-order valence-electron chi connectivity index (χ3n) is 5.58. The number of carbonyl (C=O) groups excluding carboxylic acids is 1. The molecule has 0 saturated carbocycles. The fourth-order valence-corrected chi connectivity index (χ4v) is 3.70. The molecule has 1 N–H and O–H groups in total. The van der Waals surface area contributed by atoms with Crippen molar-refractivity contribution in [2.24, 2.45) is 0 Å². The van der Waals surface area contributed by atoms with Crippen LogP contribution < -0.4 is 0 Å². The molecule has 2 unspecified atom stereocenters. The minimum atomic E-state index is -0.0282. The van der Waals surface area contributed by atoms with Gasteiger partial charge < -0.3 is 14.9 Å². The SMILES string of the molecule is CCC(CO)N1CCN(C(C)C(=O)N2CCN(CC)CC2)CC1. The molecule has 2 saturated heterocycles. The van der Waals surface area contributed by atoms with Gasteiger partial charge in [0.1, 0.15) is 0 Å². The van der Waals surface area contributed by atoms with E-state index in [2.05, 4.69) is 28.5 Å². The van der Waals surface area contributed by atoms with Crippen LogP contribution in [0.1, 0.15) is 27.2 Å². The van der Waals surface area contributed by atoms with Gasteiger partial charge in [0.05, 0.1) is 12.6 Å². The average molecular weight is 326 g/mol. The van der Waals surface area contributed by atoms with Crippen LogP contribution in [-0.4, -0.2) is 108 Å². The Morgan fingerprint density at radius 2 is 1.52 bits per heavy atom. The number of aliphatic hydroxyl groups is 1. The highest BCUT2D eigenvalue weighted by molar-refractivity contribution is 5.81. The standard InChI is InChI=1S/C17H34N4O2/c1-4-16(14-22)20-12-10-19(11-13-20)15(3)17(23)21-8-6-18(5-2)7-9-21/h15-16,22H,4-14H2,1-3H3. The van der Waals surface area contributed by atoms with E-state index in [1.807, 2.05) is 11.8 Å². The summed E-state index contributed by atoms with van der Waals surface area (Å²) >= 11 is 0. The Labute approximate surface area is 141 Å². The van der Waals surface area contributed by atoms with Crippen LogP contribution in [0.2, 0.25) is 0 Å². The Morgan fingerprint density at radius 3 is 2.00 bits per heavy atom. The van der Waals surface area contributed by atoms with Gasteiger partial charge in [0, 0.05) is 58.4 Å². The summed E-state index contributed by atoms with van der Waals surface area (Å²) in [7, 11) is 0. The Balaban J connectivity index is 1.80. The first kappa shape index (κ1) is 18.6. The summed E-state index contributed by atoms with van der Waals surface area (Å²) in [5.74, 6) is 0.281. The van der Waals surface area contributed by atoms with Crippen LogP contribution in [0.3, 0.4) is 0 Å². The van der Waals surface area contributed by atoms with Crippen LogP contribution in [0.5, 0.6) is 0 Å². The molecule has 1 amide bonds. The summed E-state index contributed by atoms with van der Waals surface area (Å²) in [4.78, 5) is 21.8. The highest BCUT2D eigenvalue weighted by Gasteiger charge is 2.31. The lowest BCUT2D eigenvalue weighted by Crippen LogP contribution is -2.58. The van der Waals surface area contributed by atoms with Gasteiger partial charge in [-0.05, 0) is 19.9 Å². The number of hydrogen-bond acceptors (Lipinski definition) is 5. The Kier molecular flexibility index (Phi) is 7.27. The lowest BCUT2D eigenvalue weighted by Gasteiger charge is -2.42. The van der Waals surface area contributed by atoms with Crippen LogP contribution in [0.15, 0.2) is 0 Å². The summed E-state index contributed by atoms with van der Waals surface area (Å²) < 4.78 is 0. The van der Waals surface area contributed by atoms with E-state index in [0.717, 1.165) is 65.3 Å². The van der Waals surface area contributed by atoms with E-state index in [1.165, 1.54) is 0 Å². The van der Waals surface area contributed by atoms with E-state index >= 15 is 0 Å². The van der Waals surface area contributed by atoms with E-state index < -0.39 is 0 Å². The zero-order valence-corrected chi connectivity index (χ0v) is 15.1. The monoisotopic (exact) mass is 326 g/mol. The fraction of sp³-hybridized carbons (Fsp3) is 0.941. The van der Waals surface area contributed by atoms with Crippen LogP contribution in [0, 0.1) is 0 Å². The minimum absolute atomic E-state index is 0.0282. The van der Waals surface area contributed by atoms with Crippen molar-refractivity contribution in [2.75, 3.05) is 65.5 Å². The molecule has 23 heavy (non-hydrogen) atoms. The number of amides is 1. The molecular formula is C17H34N4O2. The highest BCUT2D eigenvalue weighted by Crippen LogP contribution is 2.13. The molecule has 0 bridgehead atoms. The van der Waals surface area contributed by atoms with Gasteiger partial charge in [-0.15, -0.1) is 0 Å². The molecule has 6 nitrogen and oxygen atoms in total. The first-order valence-corrected chi connectivity index (χ1v) is 9.20. The topological polar surface area (TPSA) is 50.3 Å². The largest absolute Gasteiger partial charge is 0.395 e. The molecule has 2 aliphatic rings. The molecule has 0 aromatic rings. The van der Waals surface area contributed by atoms with E-state index in [-0.39, 0.29) is 24.6 Å². The van der Waals surface area contributed by atoms with E-state index in [4.69, 9.17) is 0 Å². The molecule has 2 fully saturated rings. The third-order valence-corrected chi connectivity index (χ3v) is 5.58. The zero-order chi connectivity index (χ0) is 16.8. The lowest BCUT2D eigenvalue weighted by atomic mass is 10.1. The van der Waals surface area contributed by atoms with E-state index in [9.17, 15) is 9.90 Å². The molecule has 2 aliphatic heterocycles. The minimum Gasteiger partial charge on any atom is -0.395 e. The predicted octanol–water partition coefficient (Wildman–Crippen LogP) is -0.0725. The van der Waals surface area contributed by atoms with Gasteiger partial charge in [-0.25, -0.2) is 0 Å². The maximum Gasteiger partial charge on any atom is 0.239 e. The second kappa shape index (κ2) is 8.97. The van der Waals surface area contributed by atoms with Crippen LogP contribution >= 0.6 is 0 Å². The smallest absolute Gasteiger partial charge is 0.239 e. The molecule has 0 aliphatic carbocycles. The molecule has 0 aromatic carbocycles. The van der Waals surface area contributed by atoms with Crippen molar-refractivity contribution < 1.29 is 9.90 Å². The highest BCUT2D eigenvalue weighted by atomic mass is 16.3. The number of rotatable bonds is 6. The molecule has 134 valence electrons.